The van der Waals surface area contributed by atoms with Crippen molar-refractivity contribution < 1.29 is 0 Å². The van der Waals surface area contributed by atoms with Gasteiger partial charge in [0.15, 0.2) is 5.65 Å². The third-order valence-corrected chi connectivity index (χ3v) is 2.91. The molecule has 3 nitrogen and oxygen atoms in total. The molecule has 0 fully saturated rings. The van der Waals surface area contributed by atoms with Crippen molar-refractivity contribution in [2.75, 3.05) is 0 Å². The average Bonchev–Trinajstić information content (AvgIpc) is 2.75. The van der Waals surface area contributed by atoms with Crippen molar-refractivity contribution in [1.29, 1.82) is 0 Å². The van der Waals surface area contributed by atoms with E-state index in [9.17, 15) is 0 Å². The minimum absolute atomic E-state index is 0.874. The lowest BCUT2D eigenvalue weighted by Gasteiger charge is -2.06. The van der Waals surface area contributed by atoms with Gasteiger partial charge in [0.2, 0.25) is 0 Å². The molecule has 0 atom stereocenters. The fourth-order valence-electron chi connectivity index (χ4n) is 2.06. The van der Waals surface area contributed by atoms with E-state index in [1.807, 2.05) is 18.3 Å². The molecule has 0 radical (unpaired) electrons. The van der Waals surface area contributed by atoms with Crippen molar-refractivity contribution in [2.45, 2.75) is 13.8 Å². The highest BCUT2D eigenvalue weighted by Crippen LogP contribution is 2.22. The first-order valence-electron chi connectivity index (χ1n) is 5.62. The minimum Gasteiger partial charge on any atom is -0.236 e. The molecule has 84 valence electrons. The highest BCUT2D eigenvalue weighted by molar-refractivity contribution is 5.64. The highest BCUT2D eigenvalue weighted by Gasteiger charge is 2.04. The molecule has 0 spiro atoms. The van der Waals surface area contributed by atoms with E-state index >= 15 is 0 Å². The summed E-state index contributed by atoms with van der Waals surface area (Å²) in [6, 6.07) is 10.4. The Bertz CT molecular complexity index is 683. The van der Waals surface area contributed by atoms with Gasteiger partial charge in [-0.2, -0.15) is 5.10 Å². The van der Waals surface area contributed by atoms with Gasteiger partial charge in [0, 0.05) is 18.0 Å². The zero-order valence-corrected chi connectivity index (χ0v) is 9.88. The van der Waals surface area contributed by atoms with Crippen LogP contribution in [0.4, 0.5) is 0 Å². The van der Waals surface area contributed by atoms with Gasteiger partial charge >= 0.3 is 0 Å². The van der Waals surface area contributed by atoms with Gasteiger partial charge in [-0.15, -0.1) is 0 Å². The van der Waals surface area contributed by atoms with E-state index in [1.165, 1.54) is 16.7 Å². The van der Waals surface area contributed by atoms with Crippen molar-refractivity contribution in [2.24, 2.45) is 0 Å². The highest BCUT2D eigenvalue weighted by atomic mass is 15.2. The summed E-state index contributed by atoms with van der Waals surface area (Å²) < 4.78 is 1.80. The van der Waals surface area contributed by atoms with Gasteiger partial charge in [0.1, 0.15) is 0 Å². The first-order chi connectivity index (χ1) is 8.24. The number of benzene rings is 1. The van der Waals surface area contributed by atoms with Crippen LogP contribution in [0.1, 0.15) is 11.1 Å². The summed E-state index contributed by atoms with van der Waals surface area (Å²) in [6.45, 7) is 4.21. The Morgan fingerprint density at radius 3 is 2.76 bits per heavy atom. The van der Waals surface area contributed by atoms with Crippen LogP contribution in [0.3, 0.4) is 0 Å². The van der Waals surface area contributed by atoms with E-state index in [0.717, 1.165) is 11.3 Å². The zero-order valence-electron chi connectivity index (χ0n) is 9.88. The first-order valence-corrected chi connectivity index (χ1v) is 5.62. The van der Waals surface area contributed by atoms with Crippen LogP contribution < -0.4 is 0 Å². The topological polar surface area (TPSA) is 30.2 Å². The molecule has 0 unspecified atom stereocenters. The standard InChI is InChI=1S/C14H13N3/c1-10-3-4-12(11(2)9-10)13-5-6-14-15-7-8-17(14)16-13/h3-9H,1-2H3. The number of hydrogen-bond donors (Lipinski definition) is 0. The largest absolute Gasteiger partial charge is 0.236 e. The maximum Gasteiger partial charge on any atom is 0.153 e. The molecule has 3 heteroatoms. The average molecular weight is 223 g/mol. The third-order valence-electron chi connectivity index (χ3n) is 2.91. The minimum atomic E-state index is 0.874. The Kier molecular flexibility index (Phi) is 2.18. The number of rotatable bonds is 1. The Morgan fingerprint density at radius 1 is 1.06 bits per heavy atom. The van der Waals surface area contributed by atoms with Crippen LogP contribution in [-0.4, -0.2) is 14.6 Å². The van der Waals surface area contributed by atoms with Crippen molar-refractivity contribution in [3.8, 4) is 11.3 Å². The Labute approximate surface area is 99.7 Å². The van der Waals surface area contributed by atoms with E-state index in [4.69, 9.17) is 0 Å². The van der Waals surface area contributed by atoms with Gasteiger partial charge in [-0.05, 0) is 31.5 Å². The van der Waals surface area contributed by atoms with Crippen LogP contribution in [0.15, 0.2) is 42.7 Å². The fraction of sp³-hybridized carbons (Fsp3) is 0.143. The molecule has 3 aromatic rings. The number of aryl methyl sites for hydroxylation is 2. The van der Waals surface area contributed by atoms with Crippen LogP contribution in [0, 0.1) is 13.8 Å². The molecule has 0 saturated heterocycles. The molecule has 0 amide bonds. The smallest absolute Gasteiger partial charge is 0.153 e. The van der Waals surface area contributed by atoms with E-state index in [2.05, 4.69) is 42.1 Å². The molecule has 17 heavy (non-hydrogen) atoms. The molecule has 0 aliphatic carbocycles. The quantitative estimate of drug-likeness (QED) is 0.634. The first kappa shape index (κ1) is 10.0. The summed E-state index contributed by atoms with van der Waals surface area (Å²) in [4.78, 5) is 4.19. The number of nitrogens with zero attached hydrogens (tertiary/aromatic N) is 3. The fourth-order valence-corrected chi connectivity index (χ4v) is 2.06. The lowest BCUT2D eigenvalue weighted by Crippen LogP contribution is -1.94. The summed E-state index contributed by atoms with van der Waals surface area (Å²) in [5.41, 5.74) is 5.55. The molecular weight excluding hydrogens is 210 g/mol. The van der Waals surface area contributed by atoms with Gasteiger partial charge in [-0.3, -0.25) is 0 Å². The molecule has 2 heterocycles. The Balaban J connectivity index is 2.19. The summed E-state index contributed by atoms with van der Waals surface area (Å²) in [5.74, 6) is 0. The summed E-state index contributed by atoms with van der Waals surface area (Å²) in [6.07, 6.45) is 3.62. The SMILES string of the molecule is Cc1ccc(-c2ccc3nccn3n2)c(C)c1. The van der Waals surface area contributed by atoms with Crippen molar-refractivity contribution in [3.63, 3.8) is 0 Å². The van der Waals surface area contributed by atoms with Gasteiger partial charge in [0.25, 0.3) is 0 Å². The van der Waals surface area contributed by atoms with Crippen LogP contribution in [0.2, 0.25) is 0 Å². The molecule has 0 aliphatic rings. The van der Waals surface area contributed by atoms with Crippen molar-refractivity contribution in [3.05, 3.63) is 53.9 Å². The number of fused-ring (bicyclic) bond motifs is 1. The Hall–Kier alpha value is -2.16. The predicted molar refractivity (Wildman–Crippen MR) is 67.9 cm³/mol. The number of hydrogen-bond acceptors (Lipinski definition) is 2. The number of imidazole rings is 1. The van der Waals surface area contributed by atoms with Gasteiger partial charge in [-0.25, -0.2) is 9.50 Å². The Morgan fingerprint density at radius 2 is 1.94 bits per heavy atom. The van der Waals surface area contributed by atoms with E-state index < -0.39 is 0 Å². The second-order valence-electron chi connectivity index (χ2n) is 4.27. The number of aromatic nitrogens is 3. The summed E-state index contributed by atoms with van der Waals surface area (Å²) in [5, 5.41) is 4.55. The normalized spacial score (nSPS) is 10.9. The van der Waals surface area contributed by atoms with Crippen LogP contribution in [0.5, 0.6) is 0 Å². The van der Waals surface area contributed by atoms with Crippen molar-refractivity contribution >= 4 is 5.65 Å². The molecule has 3 rings (SSSR count). The van der Waals surface area contributed by atoms with Gasteiger partial charge in [0.05, 0.1) is 5.69 Å². The molecule has 0 bridgehead atoms. The maximum absolute atomic E-state index is 4.55. The third kappa shape index (κ3) is 1.69. The van der Waals surface area contributed by atoms with Gasteiger partial charge < -0.3 is 0 Å². The van der Waals surface area contributed by atoms with E-state index in [-0.39, 0.29) is 0 Å². The summed E-state index contributed by atoms with van der Waals surface area (Å²) in [7, 11) is 0. The molecule has 1 aromatic carbocycles. The van der Waals surface area contributed by atoms with E-state index in [1.54, 1.807) is 10.7 Å². The van der Waals surface area contributed by atoms with E-state index in [0.29, 0.717) is 0 Å². The molecule has 2 aromatic heterocycles. The second kappa shape index (κ2) is 3.70. The lowest BCUT2D eigenvalue weighted by atomic mass is 10.0. The zero-order chi connectivity index (χ0) is 11.8. The molecule has 0 aliphatic heterocycles. The molecule has 0 saturated carbocycles. The van der Waals surface area contributed by atoms with Gasteiger partial charge in [-0.1, -0.05) is 23.8 Å². The maximum atomic E-state index is 4.55. The lowest BCUT2D eigenvalue weighted by molar-refractivity contribution is 0.941. The second-order valence-corrected chi connectivity index (χ2v) is 4.27. The monoisotopic (exact) mass is 223 g/mol. The molecule has 0 N–H and O–H groups in total. The molecular formula is C14H13N3. The summed E-state index contributed by atoms with van der Waals surface area (Å²) >= 11 is 0. The van der Waals surface area contributed by atoms with Crippen LogP contribution in [-0.2, 0) is 0 Å². The predicted octanol–water partition coefficient (Wildman–Crippen LogP) is 3.01. The van der Waals surface area contributed by atoms with Crippen molar-refractivity contribution in [1.82, 2.24) is 14.6 Å². The van der Waals surface area contributed by atoms with Crippen LogP contribution in [0.25, 0.3) is 16.9 Å². The van der Waals surface area contributed by atoms with Crippen LogP contribution >= 0.6 is 0 Å².